The zero-order valence-corrected chi connectivity index (χ0v) is 14.9. The Bertz CT molecular complexity index is 1110. The van der Waals surface area contributed by atoms with E-state index in [1.165, 1.54) is 12.0 Å². The Hall–Kier alpha value is -3.56. The first-order chi connectivity index (χ1) is 13.5. The van der Waals surface area contributed by atoms with Crippen LogP contribution in [0.5, 0.6) is 0 Å². The lowest BCUT2D eigenvalue weighted by Crippen LogP contribution is -2.52. The molecule has 28 heavy (non-hydrogen) atoms. The number of β-lactam (4-membered cyclic amide) rings is 1. The molecule has 0 spiro atoms. The fourth-order valence-electron chi connectivity index (χ4n) is 4.00. The van der Waals surface area contributed by atoms with Gasteiger partial charge in [0.1, 0.15) is 11.5 Å². The minimum absolute atomic E-state index is 0.0370. The first-order valence-corrected chi connectivity index (χ1v) is 8.79. The summed E-state index contributed by atoms with van der Waals surface area (Å²) in [5.41, 5.74) is 2.57. The van der Waals surface area contributed by atoms with E-state index in [-0.39, 0.29) is 17.6 Å². The molecule has 2 aromatic heterocycles. The summed E-state index contributed by atoms with van der Waals surface area (Å²) >= 11 is 0. The van der Waals surface area contributed by atoms with Crippen LogP contribution in [0.4, 0.5) is 4.79 Å². The van der Waals surface area contributed by atoms with E-state index in [1.807, 2.05) is 0 Å². The van der Waals surface area contributed by atoms with Crippen LogP contribution < -0.4 is 0 Å². The zero-order chi connectivity index (χ0) is 19.6. The van der Waals surface area contributed by atoms with Gasteiger partial charge in [-0.1, -0.05) is 6.08 Å². The van der Waals surface area contributed by atoms with Gasteiger partial charge in [-0.2, -0.15) is 5.10 Å². The average molecular weight is 384 g/mol. The molecular formula is C18H16N4O6. The van der Waals surface area contributed by atoms with E-state index in [0.717, 1.165) is 5.69 Å². The highest BCUT2D eigenvalue weighted by molar-refractivity contribution is 6.11. The first kappa shape index (κ1) is 16.6. The Kier molecular flexibility index (Phi) is 3.39. The summed E-state index contributed by atoms with van der Waals surface area (Å²) in [7, 11) is 1.34. The van der Waals surface area contributed by atoms with Gasteiger partial charge in [0.25, 0.3) is 5.91 Å². The van der Waals surface area contributed by atoms with Crippen LogP contribution in [-0.4, -0.2) is 62.2 Å². The molecule has 0 radical (unpaired) electrons. The maximum Gasteiger partial charge on any atom is 0.409 e. The largest absolute Gasteiger partial charge is 0.477 e. The molecule has 3 aliphatic rings. The molecule has 1 N–H and O–H groups in total. The minimum atomic E-state index is -1.10. The SMILES string of the molecule is COC(=O)N1CCc2c(oc3cc(/C=C4/C(=O)N5C(C(=O)O)=CCC45)nn23)C1. The number of aliphatic carboxylic acids is 1. The molecule has 1 fully saturated rings. The van der Waals surface area contributed by atoms with Crippen LogP contribution >= 0.6 is 0 Å². The molecule has 0 bridgehead atoms. The highest BCUT2D eigenvalue weighted by Gasteiger charge is 2.48. The molecule has 5 heterocycles. The zero-order valence-electron chi connectivity index (χ0n) is 14.9. The lowest BCUT2D eigenvalue weighted by Gasteiger charge is -2.38. The maximum atomic E-state index is 12.3. The van der Waals surface area contributed by atoms with Gasteiger partial charge in [-0.15, -0.1) is 0 Å². The van der Waals surface area contributed by atoms with Crippen LogP contribution in [0.25, 0.3) is 11.8 Å². The van der Waals surface area contributed by atoms with Gasteiger partial charge in [0.15, 0.2) is 0 Å². The number of hydrogen-bond donors (Lipinski definition) is 1. The molecule has 1 saturated heterocycles. The molecule has 10 heteroatoms. The fraction of sp³-hybridized carbons (Fsp3) is 0.333. The van der Waals surface area contributed by atoms with Gasteiger partial charge in [-0.05, 0) is 12.5 Å². The van der Waals surface area contributed by atoms with Gasteiger partial charge in [-0.25, -0.2) is 14.1 Å². The van der Waals surface area contributed by atoms with Crippen molar-refractivity contribution in [1.29, 1.82) is 0 Å². The Morgan fingerprint density at radius 1 is 1.43 bits per heavy atom. The molecule has 2 amide bonds. The van der Waals surface area contributed by atoms with Crippen molar-refractivity contribution < 1.29 is 28.6 Å². The number of carboxylic acid groups (broad SMARTS) is 1. The summed E-state index contributed by atoms with van der Waals surface area (Å²) in [5.74, 6) is -0.742. The minimum Gasteiger partial charge on any atom is -0.477 e. The van der Waals surface area contributed by atoms with Crippen molar-refractivity contribution in [2.24, 2.45) is 0 Å². The number of fused-ring (bicyclic) bond motifs is 4. The van der Waals surface area contributed by atoms with Crippen molar-refractivity contribution in [1.82, 2.24) is 19.4 Å². The second-order valence-corrected chi connectivity index (χ2v) is 6.85. The van der Waals surface area contributed by atoms with Crippen molar-refractivity contribution in [2.75, 3.05) is 13.7 Å². The van der Waals surface area contributed by atoms with Gasteiger partial charge < -0.3 is 19.2 Å². The van der Waals surface area contributed by atoms with E-state index in [2.05, 4.69) is 5.10 Å². The van der Waals surface area contributed by atoms with E-state index in [0.29, 0.717) is 48.7 Å². The lowest BCUT2D eigenvalue weighted by atomic mass is 9.93. The smallest absolute Gasteiger partial charge is 0.409 e. The maximum absolute atomic E-state index is 12.3. The number of carboxylic acids is 1. The van der Waals surface area contributed by atoms with Gasteiger partial charge in [0.2, 0.25) is 5.71 Å². The second-order valence-electron chi connectivity index (χ2n) is 6.85. The normalized spacial score (nSPS) is 22.2. The third kappa shape index (κ3) is 2.20. The van der Waals surface area contributed by atoms with Crippen molar-refractivity contribution in [3.8, 4) is 0 Å². The second kappa shape index (κ2) is 5.72. The van der Waals surface area contributed by atoms with Crippen LogP contribution in [0.1, 0.15) is 23.6 Å². The molecule has 1 atom stereocenters. The number of nitrogens with zero attached hydrogens (tertiary/aromatic N) is 4. The van der Waals surface area contributed by atoms with E-state index < -0.39 is 12.1 Å². The predicted molar refractivity (Wildman–Crippen MR) is 92.9 cm³/mol. The van der Waals surface area contributed by atoms with Crippen molar-refractivity contribution >= 4 is 29.8 Å². The number of rotatable bonds is 2. The Morgan fingerprint density at radius 2 is 2.25 bits per heavy atom. The quantitative estimate of drug-likeness (QED) is 0.607. The van der Waals surface area contributed by atoms with Crippen LogP contribution in [0, 0.1) is 0 Å². The molecule has 5 rings (SSSR count). The molecule has 0 aromatic carbocycles. The number of amides is 2. The van der Waals surface area contributed by atoms with Crippen molar-refractivity contribution in [2.45, 2.75) is 25.4 Å². The topological polar surface area (TPSA) is 118 Å². The summed E-state index contributed by atoms with van der Waals surface area (Å²) in [5, 5.41) is 13.6. The number of oxazole rings is 1. The summed E-state index contributed by atoms with van der Waals surface area (Å²) in [6.45, 7) is 0.824. The Morgan fingerprint density at radius 3 is 3.00 bits per heavy atom. The summed E-state index contributed by atoms with van der Waals surface area (Å²) in [6, 6.07) is 1.48. The summed E-state index contributed by atoms with van der Waals surface area (Å²) in [6.07, 6.45) is 3.91. The predicted octanol–water partition coefficient (Wildman–Crippen LogP) is 1.02. The molecule has 144 valence electrons. The molecule has 2 aromatic rings. The van der Waals surface area contributed by atoms with Crippen LogP contribution in [-0.2, 0) is 27.3 Å². The Labute approximate surface area is 158 Å². The van der Waals surface area contributed by atoms with Crippen LogP contribution in [0.3, 0.4) is 0 Å². The van der Waals surface area contributed by atoms with Gasteiger partial charge >= 0.3 is 12.1 Å². The van der Waals surface area contributed by atoms with E-state index in [1.54, 1.807) is 27.6 Å². The summed E-state index contributed by atoms with van der Waals surface area (Å²) < 4.78 is 12.3. The highest BCUT2D eigenvalue weighted by Crippen LogP contribution is 2.39. The number of carbonyl (C=O) groups excluding carboxylic acids is 2. The van der Waals surface area contributed by atoms with Gasteiger partial charge in [-0.3, -0.25) is 9.69 Å². The highest BCUT2D eigenvalue weighted by atomic mass is 16.5. The van der Waals surface area contributed by atoms with Crippen LogP contribution in [0.2, 0.25) is 0 Å². The number of carbonyl (C=O) groups is 3. The third-order valence-corrected chi connectivity index (χ3v) is 5.34. The number of ether oxygens (including phenoxy) is 1. The Balaban J connectivity index is 1.40. The third-order valence-electron chi connectivity index (χ3n) is 5.34. The summed E-state index contributed by atoms with van der Waals surface area (Å²) in [4.78, 5) is 38.0. The van der Waals surface area contributed by atoms with Crippen molar-refractivity contribution in [3.05, 3.63) is 40.6 Å². The van der Waals surface area contributed by atoms with E-state index in [9.17, 15) is 14.4 Å². The van der Waals surface area contributed by atoms with Gasteiger partial charge in [0.05, 0.1) is 31.1 Å². The van der Waals surface area contributed by atoms with Crippen LogP contribution in [0.15, 0.2) is 27.8 Å². The fourth-order valence-corrected chi connectivity index (χ4v) is 4.00. The molecule has 1 unspecified atom stereocenters. The molecule has 0 saturated carbocycles. The van der Waals surface area contributed by atoms with Gasteiger partial charge in [0, 0.05) is 24.6 Å². The van der Waals surface area contributed by atoms with Crippen molar-refractivity contribution in [3.63, 3.8) is 0 Å². The lowest BCUT2D eigenvalue weighted by molar-refractivity contribution is -0.142. The molecule has 0 aliphatic carbocycles. The number of aromatic nitrogens is 2. The molecule has 3 aliphatic heterocycles. The van der Waals surface area contributed by atoms with E-state index in [4.69, 9.17) is 14.3 Å². The van der Waals surface area contributed by atoms with E-state index >= 15 is 0 Å². The average Bonchev–Trinajstić information content (AvgIpc) is 3.35. The molecule has 10 nitrogen and oxygen atoms in total. The number of hydrogen-bond acceptors (Lipinski definition) is 6. The monoisotopic (exact) mass is 384 g/mol. The molecular weight excluding hydrogens is 368 g/mol. The first-order valence-electron chi connectivity index (χ1n) is 8.79. The number of methoxy groups -OCH3 is 1. The standard InChI is InChI=1S/C18H16N4O6/c1-27-18(26)20-5-4-12-14(8-20)28-15-7-9(19-22(12)15)6-10-11-2-3-13(17(24)25)21(11)16(10)23/h3,6-7,11H,2,4-5,8H2,1H3,(H,24,25)/b10-6+.